The molecule has 0 aromatic rings. The van der Waals surface area contributed by atoms with Crippen molar-refractivity contribution < 1.29 is 19.1 Å². The van der Waals surface area contributed by atoms with Crippen molar-refractivity contribution in [3.05, 3.63) is 0 Å². The first-order valence-corrected chi connectivity index (χ1v) is 4.30. The van der Waals surface area contributed by atoms with Crippen molar-refractivity contribution in [2.24, 2.45) is 0 Å². The lowest BCUT2D eigenvalue weighted by Gasteiger charge is -2.21. The first-order chi connectivity index (χ1) is 6.52. The van der Waals surface area contributed by atoms with Gasteiger partial charge in [0.1, 0.15) is 6.07 Å². The van der Waals surface area contributed by atoms with E-state index in [1.165, 1.54) is 0 Å². The van der Waals surface area contributed by atoms with Gasteiger partial charge in [-0.1, -0.05) is 6.92 Å². The number of esters is 2. The number of carbonyl (C=O) groups is 2. The number of ether oxygens (including phenoxy) is 2. The SMILES string of the molecule is CCOC(=O)C(C#N)(CC)OC(C)=O. The van der Waals surface area contributed by atoms with E-state index in [0.717, 1.165) is 6.92 Å². The van der Waals surface area contributed by atoms with Gasteiger partial charge < -0.3 is 9.47 Å². The highest BCUT2D eigenvalue weighted by molar-refractivity contribution is 5.86. The van der Waals surface area contributed by atoms with Crippen LogP contribution in [-0.4, -0.2) is 24.1 Å². The van der Waals surface area contributed by atoms with E-state index in [0.29, 0.717) is 0 Å². The molecule has 0 aliphatic rings. The summed E-state index contributed by atoms with van der Waals surface area (Å²) in [5, 5.41) is 8.79. The zero-order valence-corrected chi connectivity index (χ0v) is 8.49. The summed E-state index contributed by atoms with van der Waals surface area (Å²) in [6.45, 7) is 4.47. The van der Waals surface area contributed by atoms with Gasteiger partial charge in [0.15, 0.2) is 0 Å². The highest BCUT2D eigenvalue weighted by Gasteiger charge is 2.42. The molecule has 0 radical (unpaired) electrons. The Kier molecular flexibility index (Phi) is 4.64. The van der Waals surface area contributed by atoms with Crippen molar-refractivity contribution in [1.82, 2.24) is 0 Å². The van der Waals surface area contributed by atoms with E-state index in [1.807, 2.05) is 0 Å². The molecule has 78 valence electrons. The highest BCUT2D eigenvalue weighted by atomic mass is 16.6. The average molecular weight is 199 g/mol. The topological polar surface area (TPSA) is 76.4 Å². The quantitative estimate of drug-likeness (QED) is 0.625. The van der Waals surface area contributed by atoms with E-state index in [9.17, 15) is 9.59 Å². The van der Waals surface area contributed by atoms with Crippen molar-refractivity contribution in [3.8, 4) is 6.07 Å². The Bertz CT molecular complexity index is 268. The van der Waals surface area contributed by atoms with Crippen molar-refractivity contribution in [1.29, 1.82) is 5.26 Å². The Hall–Kier alpha value is -1.57. The van der Waals surface area contributed by atoms with Crippen LogP contribution in [0.2, 0.25) is 0 Å². The first-order valence-electron chi connectivity index (χ1n) is 4.30. The Morgan fingerprint density at radius 1 is 1.43 bits per heavy atom. The van der Waals surface area contributed by atoms with Crippen LogP contribution in [0.5, 0.6) is 0 Å². The van der Waals surface area contributed by atoms with Crippen LogP contribution >= 0.6 is 0 Å². The summed E-state index contributed by atoms with van der Waals surface area (Å²) in [5.41, 5.74) is -1.79. The monoisotopic (exact) mass is 199 g/mol. The van der Waals surface area contributed by atoms with Crippen LogP contribution in [0.25, 0.3) is 0 Å². The zero-order chi connectivity index (χ0) is 11.2. The van der Waals surface area contributed by atoms with E-state index in [4.69, 9.17) is 5.26 Å². The predicted molar refractivity (Wildman–Crippen MR) is 47.0 cm³/mol. The van der Waals surface area contributed by atoms with Gasteiger partial charge in [0, 0.05) is 13.3 Å². The molecule has 5 heteroatoms. The summed E-state index contributed by atoms with van der Waals surface area (Å²) in [6, 6.07) is 1.66. The van der Waals surface area contributed by atoms with Gasteiger partial charge >= 0.3 is 11.9 Å². The Labute approximate surface area is 82.6 Å². The smallest absolute Gasteiger partial charge is 0.365 e. The number of rotatable bonds is 4. The van der Waals surface area contributed by atoms with Gasteiger partial charge in [-0.2, -0.15) is 5.26 Å². The van der Waals surface area contributed by atoms with E-state index >= 15 is 0 Å². The fourth-order valence-electron chi connectivity index (χ4n) is 0.899. The molecule has 1 atom stereocenters. The van der Waals surface area contributed by atoms with Crippen molar-refractivity contribution in [2.45, 2.75) is 32.8 Å². The van der Waals surface area contributed by atoms with Crippen LogP contribution in [0.3, 0.4) is 0 Å². The Morgan fingerprint density at radius 2 is 2.00 bits per heavy atom. The fourth-order valence-corrected chi connectivity index (χ4v) is 0.899. The van der Waals surface area contributed by atoms with Gasteiger partial charge in [-0.05, 0) is 6.92 Å². The molecule has 0 rings (SSSR count). The normalized spacial score (nSPS) is 13.6. The molecule has 0 N–H and O–H groups in total. The minimum atomic E-state index is -1.79. The number of nitriles is 1. The highest BCUT2D eigenvalue weighted by Crippen LogP contribution is 2.17. The third-order valence-corrected chi connectivity index (χ3v) is 1.60. The van der Waals surface area contributed by atoms with Gasteiger partial charge in [-0.3, -0.25) is 4.79 Å². The predicted octanol–water partition coefficient (Wildman–Crippen LogP) is 0.785. The zero-order valence-electron chi connectivity index (χ0n) is 8.49. The minimum Gasteiger partial charge on any atom is -0.462 e. The van der Waals surface area contributed by atoms with Crippen molar-refractivity contribution in [2.75, 3.05) is 6.61 Å². The molecule has 0 saturated carbocycles. The van der Waals surface area contributed by atoms with Gasteiger partial charge in [0.05, 0.1) is 6.61 Å². The Balaban J connectivity index is 4.79. The maximum absolute atomic E-state index is 11.3. The summed E-state index contributed by atoms with van der Waals surface area (Å²) in [5.74, 6) is -1.50. The molecule has 0 aliphatic heterocycles. The summed E-state index contributed by atoms with van der Waals surface area (Å²) in [4.78, 5) is 22.0. The van der Waals surface area contributed by atoms with Crippen LogP contribution in [-0.2, 0) is 19.1 Å². The molecule has 0 saturated heterocycles. The molecule has 0 aliphatic carbocycles. The summed E-state index contributed by atoms with van der Waals surface area (Å²) in [7, 11) is 0. The van der Waals surface area contributed by atoms with E-state index in [-0.39, 0.29) is 13.0 Å². The molecule has 5 nitrogen and oxygen atoms in total. The number of hydrogen-bond donors (Lipinski definition) is 0. The van der Waals surface area contributed by atoms with Crippen LogP contribution in [0.15, 0.2) is 0 Å². The van der Waals surface area contributed by atoms with Crippen molar-refractivity contribution in [3.63, 3.8) is 0 Å². The third-order valence-electron chi connectivity index (χ3n) is 1.60. The van der Waals surface area contributed by atoms with E-state index < -0.39 is 17.5 Å². The molecular formula is C9H13NO4. The number of carbonyl (C=O) groups excluding carboxylic acids is 2. The number of nitrogens with zero attached hydrogens (tertiary/aromatic N) is 1. The summed E-state index contributed by atoms with van der Waals surface area (Å²) in [6.07, 6.45) is 0.0713. The molecule has 14 heavy (non-hydrogen) atoms. The van der Waals surface area contributed by atoms with Gasteiger partial charge in [0.25, 0.3) is 5.60 Å². The number of hydrogen-bond acceptors (Lipinski definition) is 5. The second kappa shape index (κ2) is 5.22. The molecule has 1 unspecified atom stereocenters. The fraction of sp³-hybridized carbons (Fsp3) is 0.667. The van der Waals surface area contributed by atoms with Crippen LogP contribution in [0, 0.1) is 11.3 Å². The second-order valence-corrected chi connectivity index (χ2v) is 2.61. The van der Waals surface area contributed by atoms with Crippen LogP contribution < -0.4 is 0 Å². The van der Waals surface area contributed by atoms with Gasteiger partial charge in [-0.15, -0.1) is 0 Å². The maximum atomic E-state index is 11.3. The first kappa shape index (κ1) is 12.4. The summed E-state index contributed by atoms with van der Waals surface area (Å²) >= 11 is 0. The molecule has 0 aromatic carbocycles. The standard InChI is InChI=1S/C9H13NO4/c1-4-9(6-10,14-7(3)11)8(12)13-5-2/h4-5H2,1-3H3. The minimum absolute atomic E-state index is 0.0713. The maximum Gasteiger partial charge on any atom is 0.365 e. The van der Waals surface area contributed by atoms with Crippen LogP contribution in [0.4, 0.5) is 0 Å². The molecular weight excluding hydrogens is 186 g/mol. The molecule has 0 spiro atoms. The average Bonchev–Trinajstić information content (AvgIpc) is 2.14. The van der Waals surface area contributed by atoms with Crippen LogP contribution in [0.1, 0.15) is 27.2 Å². The van der Waals surface area contributed by atoms with Crippen molar-refractivity contribution >= 4 is 11.9 Å². The lowest BCUT2D eigenvalue weighted by atomic mass is 10.0. The lowest BCUT2D eigenvalue weighted by Crippen LogP contribution is -2.42. The van der Waals surface area contributed by atoms with Gasteiger partial charge in [-0.25, -0.2) is 4.79 Å². The summed E-state index contributed by atoms with van der Waals surface area (Å²) < 4.78 is 9.33. The molecule has 0 heterocycles. The molecule has 0 aromatic heterocycles. The third kappa shape index (κ3) is 2.73. The molecule has 0 amide bonds. The second-order valence-electron chi connectivity index (χ2n) is 2.61. The van der Waals surface area contributed by atoms with E-state index in [2.05, 4.69) is 9.47 Å². The Morgan fingerprint density at radius 3 is 2.29 bits per heavy atom. The molecule has 0 bridgehead atoms. The van der Waals surface area contributed by atoms with Gasteiger partial charge in [0.2, 0.25) is 0 Å². The van der Waals surface area contributed by atoms with E-state index in [1.54, 1.807) is 19.9 Å². The largest absolute Gasteiger partial charge is 0.462 e. The molecule has 0 fully saturated rings. The lowest BCUT2D eigenvalue weighted by molar-refractivity contribution is -0.174.